The van der Waals surface area contributed by atoms with Crippen molar-refractivity contribution in [2.24, 2.45) is 0 Å². The van der Waals surface area contributed by atoms with Gasteiger partial charge in [-0.1, -0.05) is 0 Å². The fourth-order valence-electron chi connectivity index (χ4n) is 2.44. The molecule has 2 unspecified atom stereocenters. The summed E-state index contributed by atoms with van der Waals surface area (Å²) >= 11 is 0. The Kier molecular flexibility index (Phi) is 4.27. The number of anilines is 2. The summed E-state index contributed by atoms with van der Waals surface area (Å²) in [4.78, 5) is 12.0. The Morgan fingerprint density at radius 2 is 1.79 bits per heavy atom. The van der Waals surface area contributed by atoms with E-state index in [0.717, 1.165) is 25.7 Å². The van der Waals surface area contributed by atoms with Crippen LogP contribution in [-0.2, 0) is 9.47 Å². The van der Waals surface area contributed by atoms with Gasteiger partial charge in [-0.05, 0) is 37.5 Å². The van der Waals surface area contributed by atoms with Gasteiger partial charge in [0.05, 0.1) is 11.7 Å². The van der Waals surface area contributed by atoms with Crippen LogP contribution in [0.2, 0.25) is 0 Å². The van der Waals surface area contributed by atoms with Crippen molar-refractivity contribution in [1.29, 1.82) is 0 Å². The summed E-state index contributed by atoms with van der Waals surface area (Å²) in [6.07, 6.45) is 3.75. The van der Waals surface area contributed by atoms with Crippen molar-refractivity contribution in [2.45, 2.75) is 37.9 Å². The van der Waals surface area contributed by atoms with Crippen molar-refractivity contribution in [1.82, 2.24) is 0 Å². The molecule has 104 valence electrons. The highest BCUT2D eigenvalue weighted by Crippen LogP contribution is 2.24. The third-order valence-corrected chi connectivity index (χ3v) is 3.40. The first kappa shape index (κ1) is 13.7. The maximum atomic E-state index is 12.0. The molecular weight excluding hydrogens is 244 g/mol. The molecule has 5 nitrogen and oxygen atoms in total. The number of esters is 1. The Morgan fingerprint density at radius 1 is 1.16 bits per heavy atom. The van der Waals surface area contributed by atoms with Crippen LogP contribution in [0, 0.1) is 0 Å². The lowest BCUT2D eigenvalue weighted by atomic mass is 9.95. The van der Waals surface area contributed by atoms with Crippen molar-refractivity contribution in [2.75, 3.05) is 18.6 Å². The number of benzene rings is 1. The molecule has 4 N–H and O–H groups in total. The normalized spacial score (nSPS) is 23.0. The van der Waals surface area contributed by atoms with Gasteiger partial charge in [-0.3, -0.25) is 0 Å². The average molecular weight is 264 g/mol. The van der Waals surface area contributed by atoms with E-state index in [-0.39, 0.29) is 18.2 Å². The predicted octanol–water partition coefficient (Wildman–Crippen LogP) is 1.97. The van der Waals surface area contributed by atoms with E-state index in [1.54, 1.807) is 25.3 Å². The maximum Gasteiger partial charge on any atom is 0.338 e. The molecule has 19 heavy (non-hydrogen) atoms. The molecule has 0 bridgehead atoms. The molecule has 1 aliphatic carbocycles. The summed E-state index contributed by atoms with van der Waals surface area (Å²) in [6, 6.07) is 4.77. The zero-order valence-corrected chi connectivity index (χ0v) is 11.1. The fraction of sp³-hybridized carbons (Fsp3) is 0.500. The maximum absolute atomic E-state index is 12.0. The van der Waals surface area contributed by atoms with Crippen LogP contribution in [0.4, 0.5) is 11.4 Å². The lowest BCUT2D eigenvalue weighted by molar-refractivity contribution is -0.0149. The van der Waals surface area contributed by atoms with E-state index in [2.05, 4.69) is 0 Å². The van der Waals surface area contributed by atoms with Crippen molar-refractivity contribution in [3.63, 3.8) is 0 Å². The Morgan fingerprint density at radius 3 is 2.42 bits per heavy atom. The highest BCUT2D eigenvalue weighted by molar-refractivity contribution is 5.91. The quantitative estimate of drug-likeness (QED) is 0.643. The molecule has 0 amide bonds. The van der Waals surface area contributed by atoms with Crippen LogP contribution in [0.25, 0.3) is 0 Å². The number of hydrogen-bond donors (Lipinski definition) is 2. The standard InChI is InChI=1S/C14H20N2O3/c1-18-12-3-2-4-13(8-12)19-14(17)9-5-10(15)7-11(16)6-9/h5-7,12-13H,2-4,8,15-16H2,1H3. The highest BCUT2D eigenvalue weighted by atomic mass is 16.5. The van der Waals surface area contributed by atoms with Crippen molar-refractivity contribution in [3.05, 3.63) is 23.8 Å². The van der Waals surface area contributed by atoms with E-state index < -0.39 is 0 Å². The van der Waals surface area contributed by atoms with Crippen molar-refractivity contribution >= 4 is 17.3 Å². The first-order valence-electron chi connectivity index (χ1n) is 6.48. The van der Waals surface area contributed by atoms with E-state index >= 15 is 0 Å². The number of ether oxygens (including phenoxy) is 2. The third kappa shape index (κ3) is 3.61. The molecular formula is C14H20N2O3. The van der Waals surface area contributed by atoms with E-state index in [0.29, 0.717) is 16.9 Å². The van der Waals surface area contributed by atoms with Crippen LogP contribution in [0.15, 0.2) is 18.2 Å². The Hall–Kier alpha value is -1.75. The number of carbonyl (C=O) groups is 1. The summed E-state index contributed by atoms with van der Waals surface area (Å²) in [6.45, 7) is 0. The molecule has 5 heteroatoms. The molecule has 2 atom stereocenters. The molecule has 0 saturated heterocycles. The fourth-order valence-corrected chi connectivity index (χ4v) is 2.44. The van der Waals surface area contributed by atoms with Gasteiger partial charge in [0.1, 0.15) is 6.10 Å². The number of hydrogen-bond acceptors (Lipinski definition) is 5. The molecule has 0 heterocycles. The second-order valence-electron chi connectivity index (χ2n) is 4.94. The predicted molar refractivity (Wildman–Crippen MR) is 73.7 cm³/mol. The van der Waals surface area contributed by atoms with Crippen LogP contribution < -0.4 is 11.5 Å². The average Bonchev–Trinajstić information content (AvgIpc) is 2.37. The Labute approximate surface area is 112 Å². The van der Waals surface area contributed by atoms with Crippen LogP contribution in [0.1, 0.15) is 36.0 Å². The van der Waals surface area contributed by atoms with Gasteiger partial charge in [0, 0.05) is 24.9 Å². The van der Waals surface area contributed by atoms with Crippen LogP contribution >= 0.6 is 0 Å². The zero-order chi connectivity index (χ0) is 13.8. The minimum Gasteiger partial charge on any atom is -0.459 e. The molecule has 2 rings (SSSR count). The van der Waals surface area contributed by atoms with Gasteiger partial charge in [0.15, 0.2) is 0 Å². The zero-order valence-electron chi connectivity index (χ0n) is 11.1. The summed E-state index contributed by atoms with van der Waals surface area (Å²) in [7, 11) is 1.69. The summed E-state index contributed by atoms with van der Waals surface area (Å²) in [5.74, 6) is -0.374. The Bertz CT molecular complexity index is 442. The highest BCUT2D eigenvalue weighted by Gasteiger charge is 2.25. The molecule has 0 radical (unpaired) electrons. The summed E-state index contributed by atoms with van der Waals surface area (Å²) in [5.41, 5.74) is 12.7. The lowest BCUT2D eigenvalue weighted by Gasteiger charge is -2.27. The molecule has 0 aromatic heterocycles. The smallest absolute Gasteiger partial charge is 0.338 e. The summed E-state index contributed by atoms with van der Waals surface area (Å²) in [5, 5.41) is 0. The topological polar surface area (TPSA) is 87.6 Å². The monoisotopic (exact) mass is 264 g/mol. The minimum atomic E-state index is -0.374. The van der Waals surface area contributed by atoms with Crippen LogP contribution in [-0.4, -0.2) is 25.3 Å². The molecule has 1 saturated carbocycles. The molecule has 1 aliphatic rings. The van der Waals surface area contributed by atoms with Crippen molar-refractivity contribution < 1.29 is 14.3 Å². The second kappa shape index (κ2) is 5.93. The minimum absolute atomic E-state index is 0.0890. The van der Waals surface area contributed by atoms with Crippen LogP contribution in [0.3, 0.4) is 0 Å². The number of methoxy groups -OCH3 is 1. The lowest BCUT2D eigenvalue weighted by Crippen LogP contribution is -2.29. The van der Waals surface area contributed by atoms with E-state index in [9.17, 15) is 4.79 Å². The largest absolute Gasteiger partial charge is 0.459 e. The van der Waals surface area contributed by atoms with Gasteiger partial charge in [0.25, 0.3) is 0 Å². The van der Waals surface area contributed by atoms with E-state index in [1.165, 1.54) is 0 Å². The number of nitrogen functional groups attached to an aromatic ring is 2. The first-order valence-corrected chi connectivity index (χ1v) is 6.48. The van der Waals surface area contributed by atoms with Gasteiger partial charge < -0.3 is 20.9 Å². The van der Waals surface area contributed by atoms with Gasteiger partial charge in [-0.25, -0.2) is 4.79 Å². The SMILES string of the molecule is COC1CCCC(OC(=O)c2cc(N)cc(N)c2)C1. The van der Waals surface area contributed by atoms with Gasteiger partial charge in [-0.2, -0.15) is 0 Å². The number of carbonyl (C=O) groups excluding carboxylic acids is 1. The second-order valence-corrected chi connectivity index (χ2v) is 4.94. The van der Waals surface area contributed by atoms with E-state index in [1.807, 2.05) is 0 Å². The first-order chi connectivity index (χ1) is 9.08. The molecule has 0 aliphatic heterocycles. The molecule has 0 spiro atoms. The van der Waals surface area contributed by atoms with Gasteiger partial charge >= 0.3 is 5.97 Å². The van der Waals surface area contributed by atoms with Gasteiger partial charge in [0.2, 0.25) is 0 Å². The molecule has 1 fully saturated rings. The Balaban J connectivity index is 2.00. The number of rotatable bonds is 3. The van der Waals surface area contributed by atoms with E-state index in [4.69, 9.17) is 20.9 Å². The third-order valence-electron chi connectivity index (χ3n) is 3.40. The van der Waals surface area contributed by atoms with Crippen LogP contribution in [0.5, 0.6) is 0 Å². The molecule has 1 aromatic rings. The number of nitrogens with two attached hydrogens (primary N) is 2. The van der Waals surface area contributed by atoms with Gasteiger partial charge in [-0.15, -0.1) is 0 Å². The van der Waals surface area contributed by atoms with Crippen molar-refractivity contribution in [3.8, 4) is 0 Å². The summed E-state index contributed by atoms with van der Waals surface area (Å²) < 4.78 is 10.8. The molecule has 1 aromatic carbocycles.